The highest BCUT2D eigenvalue weighted by molar-refractivity contribution is 5.82. The van der Waals surface area contributed by atoms with Crippen molar-refractivity contribution < 1.29 is 19.1 Å². The van der Waals surface area contributed by atoms with Crippen LogP contribution in [-0.2, 0) is 19.1 Å². The van der Waals surface area contributed by atoms with Crippen LogP contribution in [0.15, 0.2) is 0 Å². The zero-order valence-electron chi connectivity index (χ0n) is 26.2. The first-order valence-corrected chi connectivity index (χ1v) is 17.2. The molecule has 6 heteroatoms. The standard InChI is InChI=1S/C34H60N2O4/c1-4-34(2,26-40-25-31(37)35(27-17-9-5-10-18-27)28-19-11-6-12-20-28)32(39-3)33(38)36(29-21-13-7-14-22-29)30-23-15-8-16-24-30/h27-30,32H,4-26H2,1-3H3. The molecule has 0 spiro atoms. The lowest BCUT2D eigenvalue weighted by Gasteiger charge is -2.46. The van der Waals surface area contributed by atoms with Crippen LogP contribution in [0.3, 0.4) is 0 Å². The zero-order valence-corrected chi connectivity index (χ0v) is 26.2. The van der Waals surface area contributed by atoms with Crippen molar-refractivity contribution in [2.45, 2.75) is 179 Å². The molecule has 0 N–H and O–H groups in total. The van der Waals surface area contributed by atoms with Crippen LogP contribution in [0.2, 0.25) is 0 Å². The Labute approximate surface area is 245 Å². The van der Waals surface area contributed by atoms with Gasteiger partial charge in [0.15, 0.2) is 0 Å². The first-order chi connectivity index (χ1) is 19.5. The van der Waals surface area contributed by atoms with E-state index >= 15 is 0 Å². The van der Waals surface area contributed by atoms with E-state index in [9.17, 15) is 9.59 Å². The number of carbonyl (C=O) groups is 2. The number of amides is 2. The molecule has 0 aromatic carbocycles. The van der Waals surface area contributed by atoms with Gasteiger partial charge in [-0.05, 0) is 57.8 Å². The Morgan fingerprint density at radius 1 is 0.675 bits per heavy atom. The van der Waals surface area contributed by atoms with Crippen molar-refractivity contribution in [2.75, 3.05) is 20.3 Å². The molecule has 0 aromatic rings. The van der Waals surface area contributed by atoms with Crippen molar-refractivity contribution in [2.24, 2.45) is 5.41 Å². The molecule has 0 aromatic heterocycles. The van der Waals surface area contributed by atoms with Gasteiger partial charge in [-0.25, -0.2) is 0 Å². The Morgan fingerprint density at radius 3 is 1.40 bits per heavy atom. The van der Waals surface area contributed by atoms with E-state index in [0.29, 0.717) is 30.8 Å². The van der Waals surface area contributed by atoms with Gasteiger partial charge < -0.3 is 19.3 Å². The lowest BCUT2D eigenvalue weighted by Crippen LogP contribution is -2.57. The van der Waals surface area contributed by atoms with E-state index in [-0.39, 0.29) is 18.4 Å². The summed E-state index contributed by atoms with van der Waals surface area (Å²) in [6, 6.07) is 1.42. The molecule has 4 saturated carbocycles. The van der Waals surface area contributed by atoms with Crippen molar-refractivity contribution in [1.29, 1.82) is 0 Å². The van der Waals surface area contributed by atoms with E-state index in [2.05, 4.69) is 23.6 Å². The van der Waals surface area contributed by atoms with Crippen LogP contribution in [0.1, 0.15) is 149 Å². The van der Waals surface area contributed by atoms with Crippen molar-refractivity contribution in [3.8, 4) is 0 Å². The smallest absolute Gasteiger partial charge is 0.252 e. The Morgan fingerprint density at radius 2 is 1.05 bits per heavy atom. The molecule has 0 heterocycles. The molecule has 4 rings (SSSR count). The Kier molecular flexibility index (Phi) is 12.6. The number of ether oxygens (including phenoxy) is 2. The minimum absolute atomic E-state index is 0.113. The van der Waals surface area contributed by atoms with Gasteiger partial charge in [0.25, 0.3) is 5.91 Å². The highest BCUT2D eigenvalue weighted by Crippen LogP contribution is 2.36. The number of carbonyl (C=O) groups excluding carboxylic acids is 2. The summed E-state index contributed by atoms with van der Waals surface area (Å²) in [7, 11) is 1.69. The van der Waals surface area contributed by atoms with Crippen LogP contribution >= 0.6 is 0 Å². The predicted molar refractivity (Wildman–Crippen MR) is 161 cm³/mol. The first kappa shape index (κ1) is 31.8. The number of hydrogen-bond donors (Lipinski definition) is 0. The van der Waals surface area contributed by atoms with E-state index in [1.54, 1.807) is 7.11 Å². The highest BCUT2D eigenvalue weighted by atomic mass is 16.5. The lowest BCUT2D eigenvalue weighted by atomic mass is 9.80. The van der Waals surface area contributed by atoms with Crippen LogP contribution in [0.5, 0.6) is 0 Å². The third-order valence-corrected chi connectivity index (χ3v) is 11.0. The summed E-state index contributed by atoms with van der Waals surface area (Å²) in [5.74, 6) is 0.315. The molecule has 4 aliphatic rings. The molecule has 230 valence electrons. The zero-order chi connectivity index (χ0) is 28.4. The molecule has 6 nitrogen and oxygen atoms in total. The third kappa shape index (κ3) is 8.02. The second-order valence-electron chi connectivity index (χ2n) is 13.8. The number of hydrogen-bond acceptors (Lipinski definition) is 4. The summed E-state index contributed by atoms with van der Waals surface area (Å²) in [6.07, 6.45) is 24.1. The molecule has 2 unspecified atom stereocenters. The first-order valence-electron chi connectivity index (χ1n) is 17.2. The van der Waals surface area contributed by atoms with E-state index < -0.39 is 11.5 Å². The maximum Gasteiger partial charge on any atom is 0.252 e. The van der Waals surface area contributed by atoms with Crippen LogP contribution in [0.25, 0.3) is 0 Å². The van der Waals surface area contributed by atoms with Gasteiger partial charge in [-0.2, -0.15) is 0 Å². The molecule has 2 atom stereocenters. The molecule has 0 saturated heterocycles. The molecule has 40 heavy (non-hydrogen) atoms. The minimum Gasteiger partial charge on any atom is -0.371 e. The summed E-state index contributed by atoms with van der Waals surface area (Å²) < 4.78 is 12.3. The van der Waals surface area contributed by atoms with E-state index in [0.717, 1.165) is 57.8 Å². The molecule has 2 amide bonds. The summed E-state index contributed by atoms with van der Waals surface area (Å²) in [6.45, 7) is 4.74. The molecule has 0 radical (unpaired) electrons. The monoisotopic (exact) mass is 560 g/mol. The summed E-state index contributed by atoms with van der Waals surface area (Å²) in [5.41, 5.74) is -0.478. The van der Waals surface area contributed by atoms with Gasteiger partial charge in [0.05, 0.1) is 6.61 Å². The number of nitrogens with zero attached hydrogens (tertiary/aromatic N) is 2. The highest BCUT2D eigenvalue weighted by Gasteiger charge is 2.44. The largest absolute Gasteiger partial charge is 0.371 e. The van der Waals surface area contributed by atoms with Gasteiger partial charge in [0, 0.05) is 36.7 Å². The van der Waals surface area contributed by atoms with Gasteiger partial charge in [0.1, 0.15) is 12.7 Å². The fourth-order valence-corrected chi connectivity index (χ4v) is 8.43. The van der Waals surface area contributed by atoms with Crippen molar-refractivity contribution in [1.82, 2.24) is 9.80 Å². The SMILES string of the molecule is CCC(C)(COCC(=O)N(C1CCCCC1)C1CCCCC1)C(OC)C(=O)N(C1CCCCC1)C1CCCCC1. The quantitative estimate of drug-likeness (QED) is 0.249. The number of rotatable bonds is 12. The van der Waals surface area contributed by atoms with Crippen molar-refractivity contribution in [3.63, 3.8) is 0 Å². The predicted octanol–water partition coefficient (Wildman–Crippen LogP) is 7.42. The normalized spacial score (nSPS) is 24.8. The molecule has 0 aliphatic heterocycles. The molecule has 4 fully saturated rings. The topological polar surface area (TPSA) is 59.1 Å². The Hall–Kier alpha value is -1.14. The fraction of sp³-hybridized carbons (Fsp3) is 0.941. The average Bonchev–Trinajstić information content (AvgIpc) is 3.00. The second kappa shape index (κ2) is 15.9. The average molecular weight is 561 g/mol. The molecular formula is C34H60N2O4. The van der Waals surface area contributed by atoms with Gasteiger partial charge in [0.2, 0.25) is 5.91 Å². The fourth-order valence-electron chi connectivity index (χ4n) is 8.43. The second-order valence-corrected chi connectivity index (χ2v) is 13.8. The third-order valence-electron chi connectivity index (χ3n) is 11.0. The van der Waals surface area contributed by atoms with Gasteiger partial charge in [-0.1, -0.05) is 90.9 Å². The summed E-state index contributed by atoms with van der Waals surface area (Å²) in [5, 5.41) is 0. The van der Waals surface area contributed by atoms with Crippen LogP contribution in [0.4, 0.5) is 0 Å². The maximum absolute atomic E-state index is 14.4. The number of methoxy groups -OCH3 is 1. The van der Waals surface area contributed by atoms with E-state index in [1.165, 1.54) is 77.0 Å². The lowest BCUT2D eigenvalue weighted by molar-refractivity contribution is -0.162. The van der Waals surface area contributed by atoms with Crippen LogP contribution in [0, 0.1) is 5.41 Å². The van der Waals surface area contributed by atoms with Crippen LogP contribution < -0.4 is 0 Å². The van der Waals surface area contributed by atoms with Gasteiger partial charge in [-0.15, -0.1) is 0 Å². The molecule has 4 aliphatic carbocycles. The molecular weight excluding hydrogens is 500 g/mol. The van der Waals surface area contributed by atoms with Crippen LogP contribution in [-0.4, -0.2) is 72.2 Å². The summed E-state index contributed by atoms with van der Waals surface area (Å²) in [4.78, 5) is 32.6. The van der Waals surface area contributed by atoms with Crippen molar-refractivity contribution >= 4 is 11.8 Å². The Bertz CT molecular complexity index is 730. The van der Waals surface area contributed by atoms with E-state index in [4.69, 9.17) is 9.47 Å². The molecule has 0 bridgehead atoms. The Balaban J connectivity index is 1.42. The minimum atomic E-state index is -0.552. The maximum atomic E-state index is 14.4. The summed E-state index contributed by atoms with van der Waals surface area (Å²) >= 11 is 0. The van der Waals surface area contributed by atoms with Crippen molar-refractivity contribution in [3.05, 3.63) is 0 Å². The van der Waals surface area contributed by atoms with E-state index in [1.807, 2.05) is 0 Å². The van der Waals surface area contributed by atoms with Gasteiger partial charge >= 0.3 is 0 Å². The van der Waals surface area contributed by atoms with Gasteiger partial charge in [-0.3, -0.25) is 9.59 Å².